The lowest BCUT2D eigenvalue weighted by Crippen LogP contribution is -2.35. The monoisotopic (exact) mass is 184 g/mol. The second-order valence-corrected chi connectivity index (χ2v) is 4.67. The normalized spacial score (nSPS) is 34.9. The number of carboxylic acids is 1. The predicted molar refractivity (Wildman–Crippen MR) is 52.5 cm³/mol. The molecule has 1 rings (SSSR count). The van der Waals surface area contributed by atoms with Crippen LogP contribution in [0.1, 0.15) is 40.0 Å². The Kier molecular flexibility index (Phi) is 3.34. The summed E-state index contributed by atoms with van der Waals surface area (Å²) < 4.78 is 0. The summed E-state index contributed by atoms with van der Waals surface area (Å²) in [7, 11) is 0. The van der Waals surface area contributed by atoms with Gasteiger partial charge in [0.1, 0.15) is 0 Å². The highest BCUT2D eigenvalue weighted by Crippen LogP contribution is 2.39. The third kappa shape index (κ3) is 2.23. The fourth-order valence-corrected chi connectivity index (χ4v) is 2.85. The second kappa shape index (κ2) is 4.12. The topological polar surface area (TPSA) is 37.3 Å². The van der Waals surface area contributed by atoms with E-state index in [9.17, 15) is 4.79 Å². The molecule has 0 spiro atoms. The van der Waals surface area contributed by atoms with E-state index in [0.29, 0.717) is 17.8 Å². The molecule has 1 N–H and O–H groups in total. The fraction of sp³-hybridized carbons (Fsp3) is 0.909. The average molecular weight is 184 g/mol. The van der Waals surface area contributed by atoms with Crippen molar-refractivity contribution in [1.29, 1.82) is 0 Å². The van der Waals surface area contributed by atoms with Gasteiger partial charge in [-0.3, -0.25) is 4.79 Å². The predicted octanol–water partition coefficient (Wildman–Crippen LogP) is 2.78. The van der Waals surface area contributed by atoms with E-state index in [4.69, 9.17) is 5.11 Å². The van der Waals surface area contributed by atoms with E-state index in [1.54, 1.807) is 0 Å². The standard InChI is InChI=1S/C11H20O2/c1-7(2)10-8(3)5-4-6-9(10)11(12)13/h7-10H,4-6H2,1-3H3,(H,12,13). The molecule has 3 atom stereocenters. The van der Waals surface area contributed by atoms with Crippen LogP contribution in [0.4, 0.5) is 0 Å². The van der Waals surface area contributed by atoms with Crippen molar-refractivity contribution in [2.75, 3.05) is 0 Å². The summed E-state index contributed by atoms with van der Waals surface area (Å²) in [6.45, 7) is 6.48. The van der Waals surface area contributed by atoms with Gasteiger partial charge in [-0.05, 0) is 24.2 Å². The zero-order chi connectivity index (χ0) is 10.0. The number of aliphatic carboxylic acids is 1. The molecule has 1 aliphatic rings. The molecule has 1 fully saturated rings. The molecular weight excluding hydrogens is 164 g/mol. The number of hydrogen-bond acceptors (Lipinski definition) is 1. The van der Waals surface area contributed by atoms with E-state index < -0.39 is 5.97 Å². The first kappa shape index (κ1) is 10.6. The zero-order valence-electron chi connectivity index (χ0n) is 8.79. The largest absolute Gasteiger partial charge is 0.481 e. The number of carboxylic acid groups (broad SMARTS) is 1. The Morgan fingerprint density at radius 1 is 1.38 bits per heavy atom. The van der Waals surface area contributed by atoms with Crippen LogP contribution in [0.25, 0.3) is 0 Å². The Labute approximate surface area is 80.3 Å². The van der Waals surface area contributed by atoms with Gasteiger partial charge in [0, 0.05) is 0 Å². The van der Waals surface area contributed by atoms with Crippen LogP contribution < -0.4 is 0 Å². The molecule has 0 amide bonds. The highest BCUT2D eigenvalue weighted by atomic mass is 16.4. The van der Waals surface area contributed by atoms with Gasteiger partial charge in [0.25, 0.3) is 0 Å². The Morgan fingerprint density at radius 3 is 2.38 bits per heavy atom. The van der Waals surface area contributed by atoms with Gasteiger partial charge in [-0.1, -0.05) is 33.6 Å². The molecule has 1 saturated carbocycles. The summed E-state index contributed by atoms with van der Waals surface area (Å²) in [6.07, 6.45) is 3.16. The average Bonchev–Trinajstić information content (AvgIpc) is 2.02. The van der Waals surface area contributed by atoms with E-state index in [2.05, 4.69) is 20.8 Å². The van der Waals surface area contributed by atoms with Crippen LogP contribution in [0.5, 0.6) is 0 Å². The Bertz CT molecular complexity index is 187. The molecule has 1 aliphatic carbocycles. The van der Waals surface area contributed by atoms with Gasteiger partial charge >= 0.3 is 5.97 Å². The maximum Gasteiger partial charge on any atom is 0.306 e. The van der Waals surface area contributed by atoms with Crippen LogP contribution in [0, 0.1) is 23.7 Å². The Morgan fingerprint density at radius 2 is 2.00 bits per heavy atom. The second-order valence-electron chi connectivity index (χ2n) is 4.67. The molecule has 2 heteroatoms. The maximum absolute atomic E-state index is 11.0. The molecule has 0 saturated heterocycles. The van der Waals surface area contributed by atoms with Gasteiger partial charge in [-0.25, -0.2) is 0 Å². The molecule has 0 heterocycles. The lowest BCUT2D eigenvalue weighted by Gasteiger charge is -2.36. The Balaban J connectivity index is 2.74. The third-order valence-electron chi connectivity index (χ3n) is 3.38. The van der Waals surface area contributed by atoms with E-state index in [1.165, 1.54) is 6.42 Å². The fourth-order valence-electron chi connectivity index (χ4n) is 2.85. The van der Waals surface area contributed by atoms with E-state index in [-0.39, 0.29) is 5.92 Å². The van der Waals surface area contributed by atoms with E-state index >= 15 is 0 Å². The SMILES string of the molecule is CC(C)C1C(C)CCCC1C(=O)O. The van der Waals surface area contributed by atoms with Crippen molar-refractivity contribution < 1.29 is 9.90 Å². The van der Waals surface area contributed by atoms with Crippen molar-refractivity contribution in [2.45, 2.75) is 40.0 Å². The van der Waals surface area contributed by atoms with Crippen LogP contribution in [0.2, 0.25) is 0 Å². The molecule has 13 heavy (non-hydrogen) atoms. The minimum Gasteiger partial charge on any atom is -0.481 e. The van der Waals surface area contributed by atoms with Crippen LogP contribution in [-0.2, 0) is 4.79 Å². The van der Waals surface area contributed by atoms with Gasteiger partial charge in [0.2, 0.25) is 0 Å². The number of rotatable bonds is 2. The zero-order valence-corrected chi connectivity index (χ0v) is 8.79. The summed E-state index contributed by atoms with van der Waals surface area (Å²) in [5.41, 5.74) is 0. The highest BCUT2D eigenvalue weighted by molar-refractivity contribution is 5.70. The summed E-state index contributed by atoms with van der Waals surface area (Å²) in [5, 5.41) is 9.08. The highest BCUT2D eigenvalue weighted by Gasteiger charge is 2.36. The van der Waals surface area contributed by atoms with Gasteiger partial charge in [0.05, 0.1) is 5.92 Å². The van der Waals surface area contributed by atoms with Gasteiger partial charge in [0.15, 0.2) is 0 Å². The lowest BCUT2D eigenvalue weighted by molar-refractivity contribution is -0.147. The minimum absolute atomic E-state index is 0.0938. The summed E-state index contributed by atoms with van der Waals surface area (Å²) in [6, 6.07) is 0. The van der Waals surface area contributed by atoms with Gasteiger partial charge in [-0.2, -0.15) is 0 Å². The first-order valence-electron chi connectivity index (χ1n) is 5.26. The summed E-state index contributed by atoms with van der Waals surface area (Å²) >= 11 is 0. The van der Waals surface area contributed by atoms with Crippen molar-refractivity contribution in [3.63, 3.8) is 0 Å². The van der Waals surface area contributed by atoms with E-state index in [0.717, 1.165) is 12.8 Å². The molecule has 0 radical (unpaired) electrons. The molecule has 76 valence electrons. The molecule has 0 aromatic heterocycles. The van der Waals surface area contributed by atoms with Crippen molar-refractivity contribution in [3.05, 3.63) is 0 Å². The number of carbonyl (C=O) groups is 1. The molecular formula is C11H20O2. The number of hydrogen-bond donors (Lipinski definition) is 1. The molecule has 0 aromatic rings. The van der Waals surface area contributed by atoms with Crippen molar-refractivity contribution in [1.82, 2.24) is 0 Å². The van der Waals surface area contributed by atoms with Crippen molar-refractivity contribution in [2.24, 2.45) is 23.7 Å². The van der Waals surface area contributed by atoms with Gasteiger partial charge in [-0.15, -0.1) is 0 Å². The van der Waals surface area contributed by atoms with Crippen LogP contribution in [0.15, 0.2) is 0 Å². The minimum atomic E-state index is -0.592. The smallest absolute Gasteiger partial charge is 0.306 e. The Hall–Kier alpha value is -0.530. The quantitative estimate of drug-likeness (QED) is 0.716. The van der Waals surface area contributed by atoms with Crippen LogP contribution >= 0.6 is 0 Å². The molecule has 2 nitrogen and oxygen atoms in total. The summed E-state index contributed by atoms with van der Waals surface area (Å²) in [4.78, 5) is 11.0. The molecule has 0 aromatic carbocycles. The lowest BCUT2D eigenvalue weighted by atomic mass is 9.68. The van der Waals surface area contributed by atoms with Gasteiger partial charge < -0.3 is 5.11 Å². The molecule has 3 unspecified atom stereocenters. The van der Waals surface area contributed by atoms with Crippen molar-refractivity contribution in [3.8, 4) is 0 Å². The molecule has 0 bridgehead atoms. The first-order valence-corrected chi connectivity index (χ1v) is 5.26. The maximum atomic E-state index is 11.0. The summed E-state index contributed by atoms with van der Waals surface area (Å²) in [5.74, 6) is 0.770. The van der Waals surface area contributed by atoms with Crippen molar-refractivity contribution >= 4 is 5.97 Å². The molecule has 0 aliphatic heterocycles. The first-order chi connectivity index (χ1) is 6.04. The van der Waals surface area contributed by atoms with Crippen LogP contribution in [-0.4, -0.2) is 11.1 Å². The third-order valence-corrected chi connectivity index (χ3v) is 3.38. The van der Waals surface area contributed by atoms with E-state index in [1.807, 2.05) is 0 Å². The van der Waals surface area contributed by atoms with Crippen LogP contribution in [0.3, 0.4) is 0 Å².